The smallest absolute Gasteiger partial charge is 0.328 e. The average molecular weight is 260 g/mol. The molecule has 0 aliphatic heterocycles. The second kappa shape index (κ2) is 5.38. The van der Waals surface area contributed by atoms with E-state index < -0.39 is 11.5 Å². The van der Waals surface area contributed by atoms with Gasteiger partial charge in [0, 0.05) is 5.56 Å². The van der Waals surface area contributed by atoms with Crippen LogP contribution in [0.25, 0.3) is 0 Å². The largest absolute Gasteiger partial charge is 0.496 e. The van der Waals surface area contributed by atoms with E-state index in [-0.39, 0.29) is 12.4 Å². The van der Waals surface area contributed by atoms with Crippen LogP contribution in [0.3, 0.4) is 0 Å². The Bertz CT molecular complexity index is 430. The summed E-state index contributed by atoms with van der Waals surface area (Å²) in [7, 11) is 1.51. The summed E-state index contributed by atoms with van der Waals surface area (Å²) in [5.74, 6) is -0.565. The molecule has 0 aromatic heterocycles. The third kappa shape index (κ3) is 2.90. The molecule has 1 aromatic carbocycles. The van der Waals surface area contributed by atoms with Crippen molar-refractivity contribution in [3.63, 3.8) is 0 Å². The normalized spacial score (nSPS) is 13.5. The van der Waals surface area contributed by atoms with Crippen molar-refractivity contribution < 1.29 is 14.6 Å². The SMILES string of the molecule is COc1cc(C)c(C)cc1C(C)(N)C(=O)O.Cl. The number of aliphatic carboxylic acids is 1. The van der Waals surface area contributed by atoms with Crippen LogP contribution >= 0.6 is 12.4 Å². The van der Waals surface area contributed by atoms with E-state index in [1.165, 1.54) is 14.0 Å². The number of methoxy groups -OCH3 is 1. The van der Waals surface area contributed by atoms with Crippen LogP contribution in [-0.4, -0.2) is 18.2 Å². The molecule has 1 rings (SSSR count). The first-order valence-electron chi connectivity index (χ1n) is 4.98. The Balaban J connectivity index is 0.00000256. The van der Waals surface area contributed by atoms with Gasteiger partial charge in [0.1, 0.15) is 11.3 Å². The van der Waals surface area contributed by atoms with Crippen LogP contribution in [0.15, 0.2) is 12.1 Å². The highest BCUT2D eigenvalue weighted by atomic mass is 35.5. The maximum Gasteiger partial charge on any atom is 0.328 e. The molecule has 0 radical (unpaired) electrons. The lowest BCUT2D eigenvalue weighted by atomic mass is 9.90. The summed E-state index contributed by atoms with van der Waals surface area (Å²) in [5.41, 5.74) is 6.88. The van der Waals surface area contributed by atoms with E-state index in [4.69, 9.17) is 15.6 Å². The van der Waals surface area contributed by atoms with Gasteiger partial charge in [0.15, 0.2) is 0 Å². The lowest BCUT2D eigenvalue weighted by molar-refractivity contribution is -0.143. The number of hydrogen-bond acceptors (Lipinski definition) is 3. The first-order valence-corrected chi connectivity index (χ1v) is 4.98. The minimum absolute atomic E-state index is 0. The Labute approximate surface area is 107 Å². The standard InChI is InChI=1S/C12H17NO3.ClH/c1-7-5-9(12(3,13)11(14)15)10(16-4)6-8(7)2;/h5-6H,13H2,1-4H3,(H,14,15);1H. The molecule has 1 aromatic rings. The summed E-state index contributed by atoms with van der Waals surface area (Å²) in [6.45, 7) is 5.31. The Kier molecular flexibility index (Phi) is 4.98. The fraction of sp³-hybridized carbons (Fsp3) is 0.417. The predicted molar refractivity (Wildman–Crippen MR) is 68.9 cm³/mol. The van der Waals surface area contributed by atoms with Crippen LogP contribution in [0.2, 0.25) is 0 Å². The van der Waals surface area contributed by atoms with E-state index in [1.807, 2.05) is 13.8 Å². The number of halogens is 1. The van der Waals surface area contributed by atoms with Gasteiger partial charge < -0.3 is 15.6 Å². The molecule has 0 saturated carbocycles. The molecular weight excluding hydrogens is 242 g/mol. The van der Waals surface area contributed by atoms with Gasteiger partial charge in [-0.05, 0) is 44.0 Å². The molecule has 0 amide bonds. The van der Waals surface area contributed by atoms with E-state index in [0.29, 0.717) is 11.3 Å². The highest BCUT2D eigenvalue weighted by molar-refractivity contribution is 5.85. The van der Waals surface area contributed by atoms with Gasteiger partial charge in [0.05, 0.1) is 7.11 Å². The summed E-state index contributed by atoms with van der Waals surface area (Å²) < 4.78 is 5.17. The van der Waals surface area contributed by atoms with Crippen LogP contribution < -0.4 is 10.5 Å². The Hall–Kier alpha value is -1.26. The molecule has 0 bridgehead atoms. The van der Waals surface area contributed by atoms with Crippen molar-refractivity contribution in [2.45, 2.75) is 26.3 Å². The molecule has 3 N–H and O–H groups in total. The summed E-state index contributed by atoms with van der Waals surface area (Å²) in [5, 5.41) is 9.09. The first kappa shape index (κ1) is 15.7. The molecule has 0 fully saturated rings. The maximum atomic E-state index is 11.1. The molecule has 0 aliphatic carbocycles. The Morgan fingerprint density at radius 2 is 1.82 bits per heavy atom. The average Bonchev–Trinajstić information content (AvgIpc) is 2.20. The summed E-state index contributed by atoms with van der Waals surface area (Å²) in [4.78, 5) is 11.1. The fourth-order valence-corrected chi connectivity index (χ4v) is 1.48. The molecule has 17 heavy (non-hydrogen) atoms. The quantitative estimate of drug-likeness (QED) is 0.871. The maximum absolute atomic E-state index is 11.1. The number of carbonyl (C=O) groups is 1. The van der Waals surface area contributed by atoms with E-state index >= 15 is 0 Å². The van der Waals surface area contributed by atoms with Crippen molar-refractivity contribution in [1.29, 1.82) is 0 Å². The zero-order valence-electron chi connectivity index (χ0n) is 10.4. The number of hydrogen-bond donors (Lipinski definition) is 2. The highest BCUT2D eigenvalue weighted by Crippen LogP contribution is 2.31. The van der Waals surface area contributed by atoms with Gasteiger partial charge in [-0.25, -0.2) is 4.79 Å². The third-order valence-corrected chi connectivity index (χ3v) is 2.82. The monoisotopic (exact) mass is 259 g/mol. The molecular formula is C12H18ClNO3. The topological polar surface area (TPSA) is 72.5 Å². The van der Waals surface area contributed by atoms with Gasteiger partial charge in [-0.2, -0.15) is 0 Å². The van der Waals surface area contributed by atoms with Crippen molar-refractivity contribution in [3.05, 3.63) is 28.8 Å². The van der Waals surface area contributed by atoms with E-state index in [1.54, 1.807) is 12.1 Å². The first-order chi connectivity index (χ1) is 7.30. The minimum atomic E-state index is -1.44. The molecule has 1 atom stereocenters. The van der Waals surface area contributed by atoms with Crippen LogP contribution in [0, 0.1) is 13.8 Å². The number of ether oxygens (including phenoxy) is 1. The molecule has 0 aliphatic rings. The fourth-order valence-electron chi connectivity index (χ4n) is 1.48. The number of aryl methyl sites for hydroxylation is 2. The van der Waals surface area contributed by atoms with E-state index in [9.17, 15) is 4.79 Å². The zero-order chi connectivity index (χ0) is 12.5. The highest BCUT2D eigenvalue weighted by Gasteiger charge is 2.33. The van der Waals surface area contributed by atoms with Gasteiger partial charge in [0.25, 0.3) is 0 Å². The molecule has 0 spiro atoms. The van der Waals surface area contributed by atoms with Crippen LogP contribution in [0.1, 0.15) is 23.6 Å². The van der Waals surface area contributed by atoms with Crippen molar-refractivity contribution in [3.8, 4) is 5.75 Å². The van der Waals surface area contributed by atoms with Gasteiger partial charge in [0.2, 0.25) is 0 Å². The van der Waals surface area contributed by atoms with E-state index in [2.05, 4.69) is 0 Å². The van der Waals surface area contributed by atoms with Gasteiger partial charge in [-0.1, -0.05) is 0 Å². The van der Waals surface area contributed by atoms with E-state index in [0.717, 1.165) is 11.1 Å². The molecule has 0 saturated heterocycles. The summed E-state index contributed by atoms with van der Waals surface area (Å²) in [6.07, 6.45) is 0. The second-order valence-corrected chi connectivity index (χ2v) is 4.14. The minimum Gasteiger partial charge on any atom is -0.496 e. The molecule has 96 valence electrons. The lowest BCUT2D eigenvalue weighted by Crippen LogP contribution is -2.42. The van der Waals surface area contributed by atoms with Gasteiger partial charge in [-0.3, -0.25) is 0 Å². The van der Waals surface area contributed by atoms with Crippen molar-refractivity contribution in [1.82, 2.24) is 0 Å². The number of carboxylic acids is 1. The third-order valence-electron chi connectivity index (χ3n) is 2.82. The molecule has 0 heterocycles. The number of carboxylic acid groups (broad SMARTS) is 1. The van der Waals surface area contributed by atoms with Gasteiger partial charge >= 0.3 is 5.97 Å². The number of nitrogens with two attached hydrogens (primary N) is 1. The van der Waals surface area contributed by atoms with Crippen LogP contribution in [0.4, 0.5) is 0 Å². The lowest BCUT2D eigenvalue weighted by Gasteiger charge is -2.23. The number of benzene rings is 1. The summed E-state index contributed by atoms with van der Waals surface area (Å²) >= 11 is 0. The predicted octanol–water partition coefficient (Wildman–Crippen LogP) is 1.99. The van der Waals surface area contributed by atoms with Crippen LogP contribution in [-0.2, 0) is 10.3 Å². The Morgan fingerprint density at radius 1 is 1.35 bits per heavy atom. The van der Waals surface area contributed by atoms with Gasteiger partial charge in [-0.15, -0.1) is 12.4 Å². The zero-order valence-corrected chi connectivity index (χ0v) is 11.2. The second-order valence-electron chi connectivity index (χ2n) is 4.14. The van der Waals surface area contributed by atoms with Crippen molar-refractivity contribution in [2.75, 3.05) is 7.11 Å². The Morgan fingerprint density at radius 3 is 2.24 bits per heavy atom. The van der Waals surface area contributed by atoms with Crippen LogP contribution in [0.5, 0.6) is 5.75 Å². The van der Waals surface area contributed by atoms with Crippen molar-refractivity contribution in [2.24, 2.45) is 5.73 Å². The summed E-state index contributed by atoms with van der Waals surface area (Å²) in [6, 6.07) is 3.57. The number of rotatable bonds is 3. The molecule has 4 nitrogen and oxygen atoms in total. The van der Waals surface area contributed by atoms with Crippen molar-refractivity contribution >= 4 is 18.4 Å². The molecule has 5 heteroatoms. The molecule has 1 unspecified atom stereocenters.